The van der Waals surface area contributed by atoms with Gasteiger partial charge in [0.05, 0.1) is 0 Å². The first-order valence-electron chi connectivity index (χ1n) is 6.26. The van der Waals surface area contributed by atoms with E-state index in [4.69, 9.17) is 0 Å². The number of aryl methyl sites for hydroxylation is 2. The van der Waals surface area contributed by atoms with Crippen molar-refractivity contribution in [2.75, 3.05) is 11.9 Å². The zero-order valence-corrected chi connectivity index (χ0v) is 12.3. The molecule has 1 aromatic carbocycles. The second kappa shape index (κ2) is 5.16. The van der Waals surface area contributed by atoms with Crippen LogP contribution in [0.4, 0.5) is 14.5 Å². The van der Waals surface area contributed by atoms with Gasteiger partial charge in [-0.2, -0.15) is 0 Å². The Balaban J connectivity index is 1.95. The summed E-state index contributed by atoms with van der Waals surface area (Å²) in [6, 6.07) is 4.09. The first-order valence-corrected chi connectivity index (χ1v) is 7.05. The van der Waals surface area contributed by atoms with E-state index >= 15 is 0 Å². The van der Waals surface area contributed by atoms with Gasteiger partial charge in [0.25, 0.3) is 0 Å². The van der Waals surface area contributed by atoms with Gasteiger partial charge in [-0.3, -0.25) is 0 Å². The lowest BCUT2D eigenvalue weighted by Crippen LogP contribution is -2.15. The minimum absolute atomic E-state index is 0.0223. The lowest BCUT2D eigenvalue weighted by molar-refractivity contribution is 0.00556. The molecule has 1 atom stereocenters. The van der Waals surface area contributed by atoms with Crippen molar-refractivity contribution < 1.29 is 8.78 Å². The maximum Gasteiger partial charge on any atom is 0.248 e. The number of anilines is 1. The van der Waals surface area contributed by atoms with E-state index in [0.717, 1.165) is 21.3 Å². The molecular formula is C14H18BrF2N. The predicted octanol–water partition coefficient (Wildman–Crippen LogP) is 4.91. The summed E-state index contributed by atoms with van der Waals surface area (Å²) >= 11 is 3.52. The fourth-order valence-corrected chi connectivity index (χ4v) is 2.76. The topological polar surface area (TPSA) is 12.0 Å². The Morgan fingerprint density at radius 1 is 1.33 bits per heavy atom. The second-order valence-electron chi connectivity index (χ2n) is 5.27. The Morgan fingerprint density at radius 3 is 2.44 bits per heavy atom. The van der Waals surface area contributed by atoms with Crippen molar-refractivity contribution in [3.8, 4) is 0 Å². The Morgan fingerprint density at radius 2 is 1.94 bits per heavy atom. The molecule has 0 spiro atoms. The number of hydrogen-bond donors (Lipinski definition) is 1. The Bertz CT molecular complexity index is 422. The summed E-state index contributed by atoms with van der Waals surface area (Å²) < 4.78 is 27.2. The van der Waals surface area contributed by atoms with Gasteiger partial charge in [-0.05, 0) is 49.4 Å². The zero-order valence-electron chi connectivity index (χ0n) is 10.7. The van der Waals surface area contributed by atoms with Gasteiger partial charge in [-0.1, -0.05) is 15.9 Å². The van der Waals surface area contributed by atoms with Crippen molar-refractivity contribution in [3.63, 3.8) is 0 Å². The first-order chi connectivity index (χ1) is 8.37. The number of rotatable bonds is 3. The molecule has 0 bridgehead atoms. The van der Waals surface area contributed by atoms with E-state index in [1.807, 2.05) is 26.0 Å². The SMILES string of the molecule is Cc1cc(NCC2CCC(F)(F)C2)cc(C)c1Br. The minimum Gasteiger partial charge on any atom is -0.385 e. The van der Waals surface area contributed by atoms with E-state index < -0.39 is 5.92 Å². The third kappa shape index (κ3) is 3.22. The second-order valence-corrected chi connectivity index (χ2v) is 6.06. The van der Waals surface area contributed by atoms with Crippen molar-refractivity contribution in [1.29, 1.82) is 0 Å². The van der Waals surface area contributed by atoms with E-state index in [-0.39, 0.29) is 18.8 Å². The summed E-state index contributed by atoms with van der Waals surface area (Å²) in [6.07, 6.45) is 0.681. The van der Waals surface area contributed by atoms with Crippen LogP contribution in [-0.4, -0.2) is 12.5 Å². The molecule has 2 rings (SSSR count). The van der Waals surface area contributed by atoms with Gasteiger partial charge < -0.3 is 5.32 Å². The average molecular weight is 318 g/mol. The van der Waals surface area contributed by atoms with Gasteiger partial charge in [0.15, 0.2) is 0 Å². The van der Waals surface area contributed by atoms with E-state index in [1.54, 1.807) is 0 Å². The van der Waals surface area contributed by atoms with Crippen molar-refractivity contribution in [3.05, 3.63) is 27.7 Å². The zero-order chi connectivity index (χ0) is 13.3. The van der Waals surface area contributed by atoms with Crippen LogP contribution in [0.25, 0.3) is 0 Å². The highest BCUT2D eigenvalue weighted by molar-refractivity contribution is 9.10. The van der Waals surface area contributed by atoms with Crippen LogP contribution in [0.1, 0.15) is 30.4 Å². The molecule has 4 heteroatoms. The summed E-state index contributed by atoms with van der Waals surface area (Å²) in [5, 5.41) is 3.28. The third-order valence-corrected chi connectivity index (χ3v) is 4.79. The highest BCUT2D eigenvalue weighted by atomic mass is 79.9. The molecular weight excluding hydrogens is 300 g/mol. The molecule has 0 aromatic heterocycles. The number of alkyl halides is 2. The molecule has 1 saturated carbocycles. The van der Waals surface area contributed by atoms with Crippen LogP contribution in [-0.2, 0) is 0 Å². The van der Waals surface area contributed by atoms with Crippen LogP contribution in [0.15, 0.2) is 16.6 Å². The quantitative estimate of drug-likeness (QED) is 0.835. The van der Waals surface area contributed by atoms with Crippen LogP contribution < -0.4 is 5.32 Å². The van der Waals surface area contributed by atoms with Crippen molar-refractivity contribution in [2.24, 2.45) is 5.92 Å². The van der Waals surface area contributed by atoms with Gasteiger partial charge in [0.2, 0.25) is 5.92 Å². The summed E-state index contributed by atoms with van der Waals surface area (Å²) in [7, 11) is 0. The molecule has 1 N–H and O–H groups in total. The summed E-state index contributed by atoms with van der Waals surface area (Å²) in [6.45, 7) is 4.70. The van der Waals surface area contributed by atoms with Crippen molar-refractivity contribution in [1.82, 2.24) is 0 Å². The molecule has 0 heterocycles. The average Bonchev–Trinajstić information content (AvgIpc) is 2.63. The van der Waals surface area contributed by atoms with Crippen molar-refractivity contribution >= 4 is 21.6 Å². The number of hydrogen-bond acceptors (Lipinski definition) is 1. The van der Waals surface area contributed by atoms with Crippen LogP contribution in [0.5, 0.6) is 0 Å². The maximum atomic E-state index is 13.1. The van der Waals surface area contributed by atoms with Crippen LogP contribution in [0.2, 0.25) is 0 Å². The van der Waals surface area contributed by atoms with Gasteiger partial charge in [0, 0.05) is 29.5 Å². The molecule has 1 aliphatic carbocycles. The van der Waals surface area contributed by atoms with Gasteiger partial charge in [0.1, 0.15) is 0 Å². The van der Waals surface area contributed by atoms with Crippen molar-refractivity contribution in [2.45, 2.75) is 39.0 Å². The predicted molar refractivity (Wildman–Crippen MR) is 74.4 cm³/mol. The van der Waals surface area contributed by atoms with Crippen LogP contribution >= 0.6 is 15.9 Å². The third-order valence-electron chi connectivity index (χ3n) is 3.54. The van der Waals surface area contributed by atoms with E-state index in [0.29, 0.717) is 13.0 Å². The van der Waals surface area contributed by atoms with E-state index in [9.17, 15) is 8.78 Å². The Labute approximate surface area is 115 Å². The van der Waals surface area contributed by atoms with Crippen LogP contribution in [0.3, 0.4) is 0 Å². The summed E-state index contributed by atoms with van der Waals surface area (Å²) in [5.41, 5.74) is 3.34. The Hall–Kier alpha value is -0.640. The fourth-order valence-electron chi connectivity index (χ4n) is 2.53. The molecule has 1 fully saturated rings. The molecule has 1 aliphatic rings. The Kier molecular flexibility index (Phi) is 3.95. The minimum atomic E-state index is -2.45. The number of nitrogens with one attached hydrogen (secondary N) is 1. The highest BCUT2D eigenvalue weighted by Crippen LogP contribution is 2.38. The smallest absolute Gasteiger partial charge is 0.248 e. The highest BCUT2D eigenvalue weighted by Gasteiger charge is 2.39. The number of benzene rings is 1. The molecule has 1 nitrogen and oxygen atoms in total. The molecule has 1 aromatic rings. The molecule has 0 amide bonds. The van der Waals surface area contributed by atoms with Crippen LogP contribution in [0, 0.1) is 19.8 Å². The number of halogens is 3. The molecule has 1 unspecified atom stereocenters. The summed E-state index contributed by atoms with van der Waals surface area (Å²) in [4.78, 5) is 0. The lowest BCUT2D eigenvalue weighted by Gasteiger charge is -2.14. The molecule has 0 aliphatic heterocycles. The fraction of sp³-hybridized carbons (Fsp3) is 0.571. The maximum absolute atomic E-state index is 13.1. The van der Waals surface area contributed by atoms with Gasteiger partial charge in [-0.15, -0.1) is 0 Å². The molecule has 0 radical (unpaired) electrons. The van der Waals surface area contributed by atoms with E-state index in [2.05, 4.69) is 21.2 Å². The van der Waals surface area contributed by atoms with Gasteiger partial charge >= 0.3 is 0 Å². The first kappa shape index (κ1) is 13.8. The standard InChI is InChI=1S/C14H18BrF2N/c1-9-5-12(6-10(2)13(9)15)18-8-11-3-4-14(16,17)7-11/h5-6,11,18H,3-4,7-8H2,1-2H3. The van der Waals surface area contributed by atoms with E-state index in [1.165, 1.54) is 0 Å². The largest absolute Gasteiger partial charge is 0.385 e. The van der Waals surface area contributed by atoms with Gasteiger partial charge in [-0.25, -0.2) is 8.78 Å². The lowest BCUT2D eigenvalue weighted by atomic mass is 10.1. The summed E-state index contributed by atoms with van der Waals surface area (Å²) in [5.74, 6) is -2.36. The molecule has 0 saturated heterocycles. The normalized spacial score (nSPS) is 22.2. The molecule has 100 valence electrons. The monoisotopic (exact) mass is 317 g/mol. The molecule has 18 heavy (non-hydrogen) atoms.